The van der Waals surface area contributed by atoms with Crippen LogP contribution in [0.5, 0.6) is 0 Å². The molecule has 0 unspecified atom stereocenters. The van der Waals surface area contributed by atoms with Crippen LogP contribution in [0.2, 0.25) is 0 Å². The van der Waals surface area contributed by atoms with E-state index in [9.17, 15) is 4.79 Å². The normalized spacial score (nSPS) is 16.9. The lowest BCUT2D eigenvalue weighted by atomic mass is 10.1. The van der Waals surface area contributed by atoms with Crippen molar-refractivity contribution in [3.63, 3.8) is 0 Å². The van der Waals surface area contributed by atoms with Gasteiger partial charge in [-0.15, -0.1) is 0 Å². The number of piperazine rings is 1. The molecular formula is C16H25N3O2. The van der Waals surface area contributed by atoms with E-state index in [0.717, 1.165) is 45.8 Å². The largest absolute Gasteiger partial charge is 0.465 e. The fourth-order valence-electron chi connectivity index (χ4n) is 2.42. The first-order valence-corrected chi connectivity index (χ1v) is 7.48. The number of carbonyl (C=O) groups is 1. The SMILES string of the molecule is COC(=O)c1ccc(CNCCN2CCN(C)CC2)cc1. The van der Waals surface area contributed by atoms with Crippen LogP contribution in [0.4, 0.5) is 0 Å². The van der Waals surface area contributed by atoms with Crippen molar-refractivity contribution >= 4 is 5.97 Å². The molecule has 1 N–H and O–H groups in total. The molecule has 0 radical (unpaired) electrons. The van der Waals surface area contributed by atoms with Crippen molar-refractivity contribution in [2.24, 2.45) is 0 Å². The third kappa shape index (κ3) is 5.12. The first-order chi connectivity index (χ1) is 10.2. The average molecular weight is 291 g/mol. The number of hydrogen-bond donors (Lipinski definition) is 1. The summed E-state index contributed by atoms with van der Waals surface area (Å²) in [4.78, 5) is 16.2. The Morgan fingerprint density at radius 2 is 1.86 bits per heavy atom. The van der Waals surface area contributed by atoms with Crippen LogP contribution in [-0.4, -0.2) is 69.2 Å². The molecule has 0 bridgehead atoms. The van der Waals surface area contributed by atoms with Gasteiger partial charge in [-0.25, -0.2) is 4.79 Å². The van der Waals surface area contributed by atoms with E-state index >= 15 is 0 Å². The average Bonchev–Trinajstić information content (AvgIpc) is 2.53. The molecule has 0 aromatic heterocycles. The molecule has 0 aliphatic carbocycles. The van der Waals surface area contributed by atoms with Gasteiger partial charge in [0.05, 0.1) is 12.7 Å². The molecule has 1 fully saturated rings. The van der Waals surface area contributed by atoms with Gasteiger partial charge in [0, 0.05) is 45.8 Å². The topological polar surface area (TPSA) is 44.8 Å². The summed E-state index contributed by atoms with van der Waals surface area (Å²) in [6.07, 6.45) is 0. The van der Waals surface area contributed by atoms with E-state index in [0.29, 0.717) is 5.56 Å². The Kier molecular flexibility index (Phi) is 6.17. The summed E-state index contributed by atoms with van der Waals surface area (Å²) in [7, 11) is 3.57. The zero-order valence-corrected chi connectivity index (χ0v) is 13.0. The summed E-state index contributed by atoms with van der Waals surface area (Å²) in [6.45, 7) is 7.55. The molecule has 5 heteroatoms. The molecule has 5 nitrogen and oxygen atoms in total. The second kappa shape index (κ2) is 8.12. The van der Waals surface area contributed by atoms with E-state index in [2.05, 4.69) is 26.9 Å². The van der Waals surface area contributed by atoms with E-state index in [1.807, 2.05) is 24.3 Å². The molecule has 1 aromatic rings. The number of rotatable bonds is 6. The molecule has 1 aromatic carbocycles. The number of nitrogens with zero attached hydrogens (tertiary/aromatic N) is 2. The molecule has 0 atom stereocenters. The highest BCUT2D eigenvalue weighted by molar-refractivity contribution is 5.89. The van der Waals surface area contributed by atoms with Gasteiger partial charge in [0.25, 0.3) is 0 Å². The number of benzene rings is 1. The number of nitrogens with one attached hydrogen (secondary N) is 1. The Morgan fingerprint density at radius 3 is 2.48 bits per heavy atom. The lowest BCUT2D eigenvalue weighted by Crippen LogP contribution is -2.46. The zero-order chi connectivity index (χ0) is 15.1. The Bertz CT molecular complexity index is 439. The fourth-order valence-corrected chi connectivity index (χ4v) is 2.42. The quantitative estimate of drug-likeness (QED) is 0.621. The van der Waals surface area contributed by atoms with Crippen LogP contribution >= 0.6 is 0 Å². The maximum atomic E-state index is 11.3. The third-order valence-electron chi connectivity index (χ3n) is 3.90. The van der Waals surface area contributed by atoms with Gasteiger partial charge in [0.1, 0.15) is 0 Å². The van der Waals surface area contributed by atoms with Crippen molar-refractivity contribution in [1.82, 2.24) is 15.1 Å². The summed E-state index contributed by atoms with van der Waals surface area (Å²) in [5.74, 6) is -0.287. The number of hydrogen-bond acceptors (Lipinski definition) is 5. The maximum Gasteiger partial charge on any atom is 0.337 e. The minimum atomic E-state index is -0.287. The van der Waals surface area contributed by atoms with Crippen molar-refractivity contribution in [3.05, 3.63) is 35.4 Å². The van der Waals surface area contributed by atoms with Crippen molar-refractivity contribution in [3.8, 4) is 0 Å². The number of ether oxygens (including phenoxy) is 1. The number of methoxy groups -OCH3 is 1. The Labute approximate surface area is 126 Å². The third-order valence-corrected chi connectivity index (χ3v) is 3.90. The lowest BCUT2D eigenvalue weighted by molar-refractivity contribution is 0.0600. The van der Waals surface area contributed by atoms with Gasteiger partial charge < -0.3 is 15.0 Å². The summed E-state index contributed by atoms with van der Waals surface area (Å²) in [5.41, 5.74) is 1.78. The van der Waals surface area contributed by atoms with Gasteiger partial charge in [-0.3, -0.25) is 4.90 Å². The Hall–Kier alpha value is -1.43. The first-order valence-electron chi connectivity index (χ1n) is 7.48. The van der Waals surface area contributed by atoms with Crippen LogP contribution in [0.15, 0.2) is 24.3 Å². The monoisotopic (exact) mass is 291 g/mol. The van der Waals surface area contributed by atoms with E-state index in [1.165, 1.54) is 12.7 Å². The number of carbonyl (C=O) groups excluding carboxylic acids is 1. The van der Waals surface area contributed by atoms with Crippen LogP contribution < -0.4 is 5.32 Å². The highest BCUT2D eigenvalue weighted by atomic mass is 16.5. The second-order valence-corrected chi connectivity index (χ2v) is 5.51. The standard InChI is InChI=1S/C16H25N3O2/c1-18-9-11-19(12-10-18)8-7-17-13-14-3-5-15(6-4-14)16(20)21-2/h3-6,17H,7-13H2,1-2H3. The molecule has 0 amide bonds. The van der Waals surface area contributed by atoms with Crippen LogP contribution in [0.25, 0.3) is 0 Å². The molecule has 21 heavy (non-hydrogen) atoms. The van der Waals surface area contributed by atoms with Gasteiger partial charge in [-0.05, 0) is 24.7 Å². The predicted molar refractivity (Wildman–Crippen MR) is 83.4 cm³/mol. The summed E-state index contributed by atoms with van der Waals surface area (Å²) in [5, 5.41) is 3.45. The van der Waals surface area contributed by atoms with Gasteiger partial charge in [-0.1, -0.05) is 12.1 Å². The number of esters is 1. The molecule has 0 saturated carbocycles. The highest BCUT2D eigenvalue weighted by Gasteiger charge is 2.12. The van der Waals surface area contributed by atoms with E-state index in [1.54, 1.807) is 0 Å². The van der Waals surface area contributed by atoms with Crippen LogP contribution in [0.3, 0.4) is 0 Å². The smallest absolute Gasteiger partial charge is 0.337 e. The lowest BCUT2D eigenvalue weighted by Gasteiger charge is -2.32. The van der Waals surface area contributed by atoms with Gasteiger partial charge in [0.2, 0.25) is 0 Å². The van der Waals surface area contributed by atoms with Crippen molar-refractivity contribution < 1.29 is 9.53 Å². The molecule has 2 rings (SSSR count). The maximum absolute atomic E-state index is 11.3. The molecule has 1 saturated heterocycles. The van der Waals surface area contributed by atoms with Crippen LogP contribution in [-0.2, 0) is 11.3 Å². The summed E-state index contributed by atoms with van der Waals surface area (Å²) in [6, 6.07) is 7.55. The molecule has 1 aliphatic heterocycles. The van der Waals surface area contributed by atoms with Crippen molar-refractivity contribution in [2.75, 3.05) is 53.4 Å². The molecular weight excluding hydrogens is 266 g/mol. The Morgan fingerprint density at radius 1 is 1.19 bits per heavy atom. The molecule has 0 spiro atoms. The van der Waals surface area contributed by atoms with Gasteiger partial charge in [-0.2, -0.15) is 0 Å². The van der Waals surface area contributed by atoms with Crippen LogP contribution in [0.1, 0.15) is 15.9 Å². The summed E-state index contributed by atoms with van der Waals surface area (Å²) < 4.78 is 4.69. The predicted octanol–water partition coefficient (Wildman–Crippen LogP) is 0.810. The van der Waals surface area contributed by atoms with Crippen LogP contribution in [0, 0.1) is 0 Å². The minimum absolute atomic E-state index is 0.287. The highest BCUT2D eigenvalue weighted by Crippen LogP contribution is 2.05. The van der Waals surface area contributed by atoms with E-state index in [-0.39, 0.29) is 5.97 Å². The number of likely N-dealkylation sites (N-methyl/N-ethyl adjacent to an activating group) is 1. The zero-order valence-electron chi connectivity index (χ0n) is 13.0. The van der Waals surface area contributed by atoms with E-state index < -0.39 is 0 Å². The Balaban J connectivity index is 1.65. The minimum Gasteiger partial charge on any atom is -0.465 e. The molecule has 116 valence electrons. The van der Waals surface area contributed by atoms with Crippen molar-refractivity contribution in [1.29, 1.82) is 0 Å². The second-order valence-electron chi connectivity index (χ2n) is 5.51. The van der Waals surface area contributed by atoms with Gasteiger partial charge >= 0.3 is 5.97 Å². The molecule has 1 heterocycles. The summed E-state index contributed by atoms with van der Waals surface area (Å²) >= 11 is 0. The fraction of sp³-hybridized carbons (Fsp3) is 0.562. The van der Waals surface area contributed by atoms with Crippen molar-refractivity contribution in [2.45, 2.75) is 6.54 Å². The first kappa shape index (κ1) is 15.9. The molecule has 1 aliphatic rings. The van der Waals surface area contributed by atoms with E-state index in [4.69, 9.17) is 0 Å². The van der Waals surface area contributed by atoms with Gasteiger partial charge in [0.15, 0.2) is 0 Å².